The number of pyridine rings is 1. The summed E-state index contributed by atoms with van der Waals surface area (Å²) >= 11 is 4.71. The first-order valence-electron chi connectivity index (χ1n) is 7.57. The number of amides is 1. The van der Waals surface area contributed by atoms with E-state index in [4.69, 9.17) is 0 Å². The molecule has 0 radical (unpaired) electrons. The molecule has 0 saturated heterocycles. The number of carbonyl (C=O) groups is 1. The third-order valence-electron chi connectivity index (χ3n) is 3.92. The van der Waals surface area contributed by atoms with Gasteiger partial charge in [-0.1, -0.05) is 24.6 Å². The predicted octanol–water partition coefficient (Wildman–Crippen LogP) is 3.36. The molecule has 1 fully saturated rings. The molecule has 0 aliphatic heterocycles. The van der Waals surface area contributed by atoms with E-state index in [1.165, 1.54) is 37.4 Å². The predicted molar refractivity (Wildman–Crippen MR) is 93.5 cm³/mol. The number of carbonyl (C=O) groups excluding carboxylic acids is 1. The Morgan fingerprint density at radius 2 is 2.17 bits per heavy atom. The quantitative estimate of drug-likeness (QED) is 0.785. The van der Waals surface area contributed by atoms with Crippen molar-refractivity contribution in [2.24, 2.45) is 7.05 Å². The van der Waals surface area contributed by atoms with Gasteiger partial charge in [-0.3, -0.25) is 4.79 Å². The SMILES string of the molecule is Cn1c(SCC(=O)Nc2ccc(Br)cn2)nnc1C1CCCC1. The molecule has 1 amide bonds. The number of halogens is 1. The molecule has 1 N–H and O–H groups in total. The second kappa shape index (κ2) is 7.44. The van der Waals surface area contributed by atoms with Gasteiger partial charge >= 0.3 is 0 Å². The third kappa shape index (κ3) is 4.11. The summed E-state index contributed by atoms with van der Waals surface area (Å²) < 4.78 is 2.90. The molecule has 2 aromatic heterocycles. The van der Waals surface area contributed by atoms with Crippen molar-refractivity contribution in [2.45, 2.75) is 36.8 Å². The molecule has 2 heterocycles. The Bertz CT molecular complexity index is 682. The number of aromatic nitrogens is 4. The fraction of sp³-hybridized carbons (Fsp3) is 0.467. The lowest BCUT2D eigenvalue weighted by molar-refractivity contribution is -0.113. The average Bonchev–Trinajstić information content (AvgIpc) is 3.17. The van der Waals surface area contributed by atoms with E-state index in [0.717, 1.165) is 15.5 Å². The van der Waals surface area contributed by atoms with Crippen molar-refractivity contribution in [1.29, 1.82) is 0 Å². The molecule has 23 heavy (non-hydrogen) atoms. The highest BCUT2D eigenvalue weighted by molar-refractivity contribution is 9.10. The van der Waals surface area contributed by atoms with Gasteiger partial charge in [0.2, 0.25) is 5.91 Å². The number of thioether (sulfide) groups is 1. The Kier molecular flexibility index (Phi) is 5.32. The molecule has 3 rings (SSSR count). The van der Waals surface area contributed by atoms with Crippen molar-refractivity contribution in [3.63, 3.8) is 0 Å². The molecular weight excluding hydrogens is 378 g/mol. The molecule has 122 valence electrons. The minimum Gasteiger partial charge on any atom is -0.310 e. The van der Waals surface area contributed by atoms with E-state index in [-0.39, 0.29) is 11.7 Å². The largest absolute Gasteiger partial charge is 0.310 e. The van der Waals surface area contributed by atoms with Crippen LogP contribution in [0.4, 0.5) is 5.82 Å². The smallest absolute Gasteiger partial charge is 0.236 e. The number of hydrogen-bond donors (Lipinski definition) is 1. The Hall–Kier alpha value is -1.41. The molecule has 1 saturated carbocycles. The molecule has 2 aromatic rings. The maximum absolute atomic E-state index is 12.0. The summed E-state index contributed by atoms with van der Waals surface area (Å²) in [7, 11) is 1.98. The number of hydrogen-bond acceptors (Lipinski definition) is 5. The first-order chi connectivity index (χ1) is 11.1. The van der Waals surface area contributed by atoms with Gasteiger partial charge < -0.3 is 9.88 Å². The van der Waals surface area contributed by atoms with Crippen molar-refractivity contribution in [1.82, 2.24) is 19.7 Å². The van der Waals surface area contributed by atoms with Gasteiger partial charge in [-0.15, -0.1) is 10.2 Å². The third-order valence-corrected chi connectivity index (χ3v) is 5.41. The highest BCUT2D eigenvalue weighted by atomic mass is 79.9. The second-order valence-electron chi connectivity index (χ2n) is 5.58. The fourth-order valence-corrected chi connectivity index (χ4v) is 3.70. The highest BCUT2D eigenvalue weighted by Crippen LogP contribution is 2.33. The Labute approximate surface area is 147 Å². The zero-order valence-corrected chi connectivity index (χ0v) is 15.2. The summed E-state index contributed by atoms with van der Waals surface area (Å²) in [4.78, 5) is 16.1. The number of rotatable bonds is 5. The lowest BCUT2D eigenvalue weighted by Crippen LogP contribution is -2.15. The molecule has 0 unspecified atom stereocenters. The van der Waals surface area contributed by atoms with Crippen LogP contribution < -0.4 is 5.32 Å². The highest BCUT2D eigenvalue weighted by Gasteiger charge is 2.23. The first kappa shape index (κ1) is 16.4. The van der Waals surface area contributed by atoms with E-state index < -0.39 is 0 Å². The number of nitrogens with one attached hydrogen (secondary N) is 1. The fourth-order valence-electron chi connectivity index (χ4n) is 2.75. The minimum atomic E-state index is -0.102. The van der Waals surface area contributed by atoms with Crippen LogP contribution in [-0.2, 0) is 11.8 Å². The van der Waals surface area contributed by atoms with Crippen molar-refractivity contribution in [2.75, 3.05) is 11.1 Å². The molecule has 0 atom stereocenters. The van der Waals surface area contributed by atoms with Crippen LogP contribution in [0.1, 0.15) is 37.4 Å². The summed E-state index contributed by atoms with van der Waals surface area (Å²) in [6.45, 7) is 0. The van der Waals surface area contributed by atoms with Crippen LogP contribution in [0.2, 0.25) is 0 Å². The lowest BCUT2D eigenvalue weighted by atomic mass is 10.1. The summed E-state index contributed by atoms with van der Waals surface area (Å²) in [6.07, 6.45) is 6.56. The number of anilines is 1. The average molecular weight is 396 g/mol. The van der Waals surface area contributed by atoms with Gasteiger partial charge in [0.05, 0.1) is 5.75 Å². The molecule has 8 heteroatoms. The van der Waals surface area contributed by atoms with Crippen molar-refractivity contribution < 1.29 is 4.79 Å². The molecular formula is C15H18BrN5OS. The van der Waals surface area contributed by atoms with Gasteiger partial charge in [0, 0.05) is 23.6 Å². The van der Waals surface area contributed by atoms with E-state index >= 15 is 0 Å². The van der Waals surface area contributed by atoms with E-state index in [1.54, 1.807) is 12.3 Å². The Balaban J connectivity index is 1.55. The van der Waals surface area contributed by atoms with Crippen LogP contribution in [0.5, 0.6) is 0 Å². The van der Waals surface area contributed by atoms with Gasteiger partial charge in [0.25, 0.3) is 0 Å². The zero-order chi connectivity index (χ0) is 16.2. The van der Waals surface area contributed by atoms with E-state index in [1.807, 2.05) is 17.7 Å². The summed E-state index contributed by atoms with van der Waals surface area (Å²) in [6, 6.07) is 3.60. The number of nitrogens with zero attached hydrogens (tertiary/aromatic N) is 4. The van der Waals surface area contributed by atoms with Gasteiger partial charge in [-0.2, -0.15) is 0 Å². The van der Waals surface area contributed by atoms with Crippen LogP contribution in [0, 0.1) is 0 Å². The summed E-state index contributed by atoms with van der Waals surface area (Å²) in [5.74, 6) is 2.29. The van der Waals surface area contributed by atoms with E-state index in [0.29, 0.717) is 11.7 Å². The molecule has 0 spiro atoms. The normalized spacial score (nSPS) is 15.0. The second-order valence-corrected chi connectivity index (χ2v) is 7.44. The molecule has 1 aliphatic rings. The van der Waals surface area contributed by atoms with Crippen LogP contribution in [-0.4, -0.2) is 31.4 Å². The first-order valence-corrected chi connectivity index (χ1v) is 9.35. The standard InChI is InChI=1S/C15H18BrN5OS/c1-21-14(10-4-2-3-5-10)19-20-15(21)23-9-13(22)18-12-7-6-11(16)8-17-12/h6-8,10H,2-5,9H2,1H3,(H,17,18,22). The van der Waals surface area contributed by atoms with E-state index in [2.05, 4.69) is 36.4 Å². The Morgan fingerprint density at radius 1 is 1.39 bits per heavy atom. The van der Waals surface area contributed by atoms with Crippen LogP contribution in [0.15, 0.2) is 28.0 Å². The van der Waals surface area contributed by atoms with Crippen LogP contribution in [0.3, 0.4) is 0 Å². The lowest BCUT2D eigenvalue weighted by Gasteiger charge is -2.08. The van der Waals surface area contributed by atoms with Gasteiger partial charge in [-0.05, 0) is 40.9 Å². The van der Waals surface area contributed by atoms with Crippen LogP contribution >= 0.6 is 27.7 Å². The van der Waals surface area contributed by atoms with Crippen molar-refractivity contribution in [3.05, 3.63) is 28.6 Å². The topological polar surface area (TPSA) is 72.7 Å². The minimum absolute atomic E-state index is 0.102. The van der Waals surface area contributed by atoms with Crippen molar-refractivity contribution >= 4 is 39.4 Å². The van der Waals surface area contributed by atoms with Gasteiger partial charge in [0.1, 0.15) is 11.6 Å². The molecule has 0 bridgehead atoms. The van der Waals surface area contributed by atoms with Gasteiger partial charge in [0.15, 0.2) is 5.16 Å². The van der Waals surface area contributed by atoms with Crippen molar-refractivity contribution in [3.8, 4) is 0 Å². The van der Waals surface area contributed by atoms with Gasteiger partial charge in [-0.25, -0.2) is 4.98 Å². The van der Waals surface area contributed by atoms with Crippen LogP contribution in [0.25, 0.3) is 0 Å². The molecule has 1 aliphatic carbocycles. The summed E-state index contributed by atoms with van der Waals surface area (Å²) in [5.41, 5.74) is 0. The maximum Gasteiger partial charge on any atom is 0.236 e. The molecule has 6 nitrogen and oxygen atoms in total. The summed E-state index contributed by atoms with van der Waals surface area (Å²) in [5, 5.41) is 12.1. The van der Waals surface area contributed by atoms with E-state index in [9.17, 15) is 4.79 Å². The maximum atomic E-state index is 12.0. The Morgan fingerprint density at radius 3 is 2.87 bits per heavy atom. The zero-order valence-electron chi connectivity index (χ0n) is 12.8. The monoisotopic (exact) mass is 395 g/mol. The molecule has 0 aromatic carbocycles.